The first-order valence-corrected chi connectivity index (χ1v) is 7.96. The van der Waals surface area contributed by atoms with Crippen molar-refractivity contribution in [3.63, 3.8) is 0 Å². The minimum atomic E-state index is 0.517. The zero-order valence-electron chi connectivity index (χ0n) is 12.1. The van der Waals surface area contributed by atoms with Gasteiger partial charge in [0.15, 0.2) is 0 Å². The number of alkyl halides is 1. The zero-order valence-corrected chi connectivity index (χ0v) is 12.8. The zero-order chi connectivity index (χ0) is 14.9. The maximum atomic E-state index is 6.23. The Morgan fingerprint density at radius 1 is 0.591 bits per heavy atom. The van der Waals surface area contributed by atoms with E-state index in [1.165, 1.54) is 38.2 Å². The summed E-state index contributed by atoms with van der Waals surface area (Å²) in [7, 11) is 0. The van der Waals surface area contributed by atoms with Gasteiger partial charge >= 0.3 is 0 Å². The van der Waals surface area contributed by atoms with Gasteiger partial charge in [-0.25, -0.2) is 0 Å². The van der Waals surface area contributed by atoms with Crippen LogP contribution in [0.2, 0.25) is 0 Å². The van der Waals surface area contributed by atoms with Crippen LogP contribution < -0.4 is 0 Å². The summed E-state index contributed by atoms with van der Waals surface area (Å²) in [6.45, 7) is 0. The van der Waals surface area contributed by atoms with Crippen LogP contribution >= 0.6 is 11.6 Å². The Balaban J connectivity index is 2.16. The number of halogens is 1. The molecular weight excluding hydrogens is 288 g/mol. The third kappa shape index (κ3) is 2.08. The lowest BCUT2D eigenvalue weighted by molar-refractivity contribution is 1.42. The minimum Gasteiger partial charge on any atom is -0.122 e. The van der Waals surface area contributed by atoms with E-state index in [-0.39, 0.29) is 0 Å². The van der Waals surface area contributed by atoms with E-state index in [0.717, 1.165) is 0 Å². The highest BCUT2D eigenvalue weighted by Crippen LogP contribution is 2.37. The predicted octanol–water partition coefficient (Wildman–Crippen LogP) is 6.40. The van der Waals surface area contributed by atoms with E-state index < -0.39 is 0 Å². The summed E-state index contributed by atoms with van der Waals surface area (Å²) in [5.41, 5.74) is 3.69. The molecule has 0 radical (unpaired) electrons. The van der Waals surface area contributed by atoms with Crippen molar-refractivity contribution in [1.82, 2.24) is 0 Å². The first-order chi connectivity index (χ1) is 10.9. The van der Waals surface area contributed by atoms with Crippen LogP contribution in [-0.2, 0) is 5.88 Å². The second-order valence-corrected chi connectivity index (χ2v) is 5.75. The largest absolute Gasteiger partial charge is 0.122 e. The molecule has 0 bridgehead atoms. The lowest BCUT2D eigenvalue weighted by atomic mass is 9.91. The van der Waals surface area contributed by atoms with Gasteiger partial charge in [-0.05, 0) is 38.2 Å². The molecule has 4 aromatic carbocycles. The van der Waals surface area contributed by atoms with Crippen LogP contribution in [0.1, 0.15) is 5.56 Å². The van der Waals surface area contributed by atoms with E-state index in [9.17, 15) is 0 Å². The lowest BCUT2D eigenvalue weighted by Crippen LogP contribution is -1.90. The summed E-state index contributed by atoms with van der Waals surface area (Å²) in [5, 5.41) is 5.04. The van der Waals surface area contributed by atoms with Gasteiger partial charge in [0.2, 0.25) is 0 Å². The maximum Gasteiger partial charge on any atom is 0.0480 e. The Morgan fingerprint density at radius 3 is 2.00 bits per heavy atom. The van der Waals surface area contributed by atoms with Gasteiger partial charge < -0.3 is 0 Å². The van der Waals surface area contributed by atoms with E-state index in [4.69, 9.17) is 11.6 Å². The van der Waals surface area contributed by atoms with E-state index >= 15 is 0 Å². The Hall–Kier alpha value is -2.31. The van der Waals surface area contributed by atoms with Crippen LogP contribution in [0.4, 0.5) is 0 Å². The molecule has 4 aromatic rings. The average molecular weight is 303 g/mol. The number of fused-ring (bicyclic) bond motifs is 2. The number of hydrogen-bond donors (Lipinski definition) is 0. The van der Waals surface area contributed by atoms with Gasteiger partial charge in [0.05, 0.1) is 0 Å². The molecule has 0 aliphatic heterocycles. The van der Waals surface area contributed by atoms with Crippen molar-refractivity contribution in [2.45, 2.75) is 5.88 Å². The fourth-order valence-electron chi connectivity index (χ4n) is 3.19. The van der Waals surface area contributed by atoms with Crippen molar-refractivity contribution >= 4 is 33.1 Å². The fourth-order valence-corrected chi connectivity index (χ4v) is 3.41. The molecule has 0 saturated carbocycles. The van der Waals surface area contributed by atoms with Gasteiger partial charge in [-0.15, -0.1) is 11.6 Å². The molecule has 0 saturated heterocycles. The molecule has 0 nitrogen and oxygen atoms in total. The summed E-state index contributed by atoms with van der Waals surface area (Å²) >= 11 is 6.23. The third-order valence-corrected chi connectivity index (χ3v) is 4.51. The van der Waals surface area contributed by atoms with Crippen molar-refractivity contribution in [2.75, 3.05) is 0 Å². The smallest absolute Gasteiger partial charge is 0.0480 e. The molecule has 0 heterocycles. The topological polar surface area (TPSA) is 0 Å². The van der Waals surface area contributed by atoms with Gasteiger partial charge in [-0.3, -0.25) is 0 Å². The molecule has 106 valence electrons. The van der Waals surface area contributed by atoms with Crippen LogP contribution in [-0.4, -0.2) is 0 Å². The van der Waals surface area contributed by atoms with Gasteiger partial charge in [0.1, 0.15) is 0 Å². The van der Waals surface area contributed by atoms with Crippen LogP contribution in [0.25, 0.3) is 32.7 Å². The van der Waals surface area contributed by atoms with Crippen molar-refractivity contribution in [2.24, 2.45) is 0 Å². The highest BCUT2D eigenvalue weighted by molar-refractivity contribution is 6.18. The van der Waals surface area contributed by atoms with Gasteiger partial charge in [0, 0.05) is 5.88 Å². The summed E-state index contributed by atoms with van der Waals surface area (Å²) in [6.07, 6.45) is 0. The predicted molar refractivity (Wildman–Crippen MR) is 96.4 cm³/mol. The summed E-state index contributed by atoms with van der Waals surface area (Å²) in [5.74, 6) is 0.517. The Labute approximate surface area is 135 Å². The molecule has 0 atom stereocenters. The third-order valence-electron chi connectivity index (χ3n) is 4.22. The van der Waals surface area contributed by atoms with Gasteiger partial charge in [-0.2, -0.15) is 0 Å². The minimum absolute atomic E-state index is 0.517. The maximum absolute atomic E-state index is 6.23. The van der Waals surface area contributed by atoms with E-state index in [0.29, 0.717) is 5.88 Å². The first-order valence-electron chi connectivity index (χ1n) is 7.43. The Kier molecular flexibility index (Phi) is 3.32. The van der Waals surface area contributed by atoms with Gasteiger partial charge in [0.25, 0.3) is 0 Å². The molecule has 1 heteroatoms. The molecule has 0 aromatic heterocycles. The summed E-state index contributed by atoms with van der Waals surface area (Å²) < 4.78 is 0. The SMILES string of the molecule is ClCc1ccc2ccccc2c1-c1cccc2ccccc12. The number of benzene rings is 4. The number of hydrogen-bond acceptors (Lipinski definition) is 0. The molecule has 0 spiro atoms. The van der Waals surface area contributed by atoms with Crippen LogP contribution in [0.3, 0.4) is 0 Å². The Morgan fingerprint density at radius 2 is 1.23 bits per heavy atom. The molecule has 22 heavy (non-hydrogen) atoms. The van der Waals surface area contributed by atoms with Crippen molar-refractivity contribution in [1.29, 1.82) is 0 Å². The van der Waals surface area contributed by atoms with E-state index in [1.54, 1.807) is 0 Å². The Bertz CT molecular complexity index is 964. The standard InChI is InChI=1S/C21H15Cl/c22-14-17-13-12-16-7-2-4-10-19(16)21(17)20-11-5-8-15-6-1-3-9-18(15)20/h1-13H,14H2. The monoisotopic (exact) mass is 302 g/mol. The summed E-state index contributed by atoms with van der Waals surface area (Å²) in [6, 6.07) is 27.8. The van der Waals surface area contributed by atoms with Crippen molar-refractivity contribution in [3.05, 3.63) is 84.4 Å². The highest BCUT2D eigenvalue weighted by Gasteiger charge is 2.11. The molecule has 0 aliphatic rings. The van der Waals surface area contributed by atoms with E-state index in [2.05, 4.69) is 78.9 Å². The fraction of sp³-hybridized carbons (Fsp3) is 0.0476. The van der Waals surface area contributed by atoms with Crippen molar-refractivity contribution < 1.29 is 0 Å². The second kappa shape index (κ2) is 5.47. The molecule has 0 aliphatic carbocycles. The quantitative estimate of drug-likeness (QED) is 0.376. The van der Waals surface area contributed by atoms with Gasteiger partial charge in [-0.1, -0.05) is 78.9 Å². The molecule has 0 unspecified atom stereocenters. The van der Waals surface area contributed by atoms with Crippen LogP contribution in [0.5, 0.6) is 0 Å². The van der Waals surface area contributed by atoms with Crippen LogP contribution in [0, 0.1) is 0 Å². The molecule has 0 N–H and O–H groups in total. The molecule has 0 amide bonds. The number of rotatable bonds is 2. The normalized spacial score (nSPS) is 11.1. The highest BCUT2D eigenvalue weighted by atomic mass is 35.5. The average Bonchev–Trinajstić information content (AvgIpc) is 2.60. The van der Waals surface area contributed by atoms with Crippen molar-refractivity contribution in [3.8, 4) is 11.1 Å². The second-order valence-electron chi connectivity index (χ2n) is 5.48. The molecule has 0 fully saturated rings. The van der Waals surface area contributed by atoms with Crippen LogP contribution in [0.15, 0.2) is 78.9 Å². The molecule has 4 rings (SSSR count). The first kappa shape index (κ1) is 13.4. The lowest BCUT2D eigenvalue weighted by Gasteiger charge is -2.14. The van der Waals surface area contributed by atoms with E-state index in [1.807, 2.05) is 0 Å². The molecular formula is C21H15Cl. The summed E-state index contributed by atoms with van der Waals surface area (Å²) in [4.78, 5) is 0.